The van der Waals surface area contributed by atoms with Crippen molar-refractivity contribution in [2.45, 2.75) is 77.8 Å². The Balaban J connectivity index is 3.42. The highest BCUT2D eigenvalue weighted by molar-refractivity contribution is 5.83. The normalized spacial score (nSPS) is 17.1. The molecule has 17 nitrogen and oxygen atoms in total. The highest BCUT2D eigenvalue weighted by Gasteiger charge is 2.44. The molecule has 0 radical (unpaired) electrons. The maximum Gasteiger partial charge on any atom is 0.407 e. The number of unbranched alkanes of at least 4 members (excludes halogenated alkanes) is 2. The molecule has 0 heterocycles. The Labute approximate surface area is 340 Å². The molecule has 1 rings (SSSR count). The number of carbonyl (C=O) groups excluding carboxylic acids is 7. The lowest BCUT2D eigenvalue weighted by molar-refractivity contribution is -0.166. The minimum Gasteiger partial charge on any atom is -0.462 e. The average molecular weight is 821 g/mol. The first-order chi connectivity index (χ1) is 27.3. The van der Waals surface area contributed by atoms with E-state index >= 15 is 0 Å². The quantitative estimate of drug-likeness (QED) is 0.0501. The molecule has 0 aromatic rings. The molecule has 2 amide bonds. The minimum atomic E-state index is -1.60. The molecule has 324 valence electrons. The molecule has 2 unspecified atom stereocenters. The van der Waals surface area contributed by atoms with Gasteiger partial charge in [-0.05, 0) is 38.0 Å². The first-order valence-corrected chi connectivity index (χ1v) is 18.7. The highest BCUT2D eigenvalue weighted by atomic mass is 16.6. The number of hydrogen-bond donors (Lipinski definition) is 2. The Morgan fingerprint density at radius 1 is 0.569 bits per heavy atom. The second-order valence-electron chi connectivity index (χ2n) is 15.2. The van der Waals surface area contributed by atoms with Crippen LogP contribution < -0.4 is 10.6 Å². The molecule has 0 bridgehead atoms. The summed E-state index contributed by atoms with van der Waals surface area (Å²) >= 11 is 0. The highest BCUT2D eigenvalue weighted by Crippen LogP contribution is 2.41. The van der Waals surface area contributed by atoms with Crippen LogP contribution in [-0.2, 0) is 61.9 Å². The van der Waals surface area contributed by atoms with Gasteiger partial charge in [-0.3, -0.25) is 0 Å². The third kappa shape index (κ3) is 19.6. The number of hydrogen-bond acceptors (Lipinski definition) is 15. The van der Waals surface area contributed by atoms with Crippen molar-refractivity contribution < 1.29 is 71.5 Å². The Hall–Kier alpha value is -5.45. The fourth-order valence-electron chi connectivity index (χ4n) is 6.31. The number of ether oxygens (including phenoxy) is 8. The maximum absolute atomic E-state index is 13.6. The van der Waals surface area contributed by atoms with Crippen molar-refractivity contribution in [2.75, 3.05) is 59.5 Å². The molecule has 0 aliphatic heterocycles. The number of esters is 5. The van der Waals surface area contributed by atoms with Gasteiger partial charge in [0.1, 0.15) is 39.6 Å². The summed E-state index contributed by atoms with van der Waals surface area (Å²) in [4.78, 5) is 87.0. The van der Waals surface area contributed by atoms with E-state index in [-0.39, 0.29) is 11.5 Å². The lowest BCUT2D eigenvalue weighted by atomic mass is 9.67. The van der Waals surface area contributed by atoms with E-state index in [1.807, 2.05) is 27.7 Å². The van der Waals surface area contributed by atoms with E-state index in [0.717, 1.165) is 49.6 Å². The number of carbonyl (C=O) groups is 7. The van der Waals surface area contributed by atoms with Crippen LogP contribution in [0.25, 0.3) is 0 Å². The van der Waals surface area contributed by atoms with Gasteiger partial charge >= 0.3 is 42.0 Å². The van der Waals surface area contributed by atoms with Gasteiger partial charge in [0.15, 0.2) is 0 Å². The molecule has 0 spiro atoms. The van der Waals surface area contributed by atoms with Gasteiger partial charge in [0, 0.05) is 42.0 Å². The SMILES string of the molecule is C=CC(=O)OCC(COCC(COC(=O)C=C)(COC(=O)C=C)COC(=O)NC1(C)CC(NC(=O)OCCCCC)CC(C)(C)C1)(COC(=O)C=C)COC(=O)C=C. The van der Waals surface area contributed by atoms with Crippen LogP contribution in [0, 0.1) is 16.2 Å². The predicted octanol–water partition coefficient (Wildman–Crippen LogP) is 4.60. The Morgan fingerprint density at radius 2 is 0.966 bits per heavy atom. The Bertz CT molecular complexity index is 1410. The van der Waals surface area contributed by atoms with Crippen molar-refractivity contribution >= 4 is 42.0 Å². The van der Waals surface area contributed by atoms with Crippen LogP contribution >= 0.6 is 0 Å². The molecule has 2 atom stereocenters. The largest absolute Gasteiger partial charge is 0.462 e. The van der Waals surface area contributed by atoms with E-state index in [4.69, 9.17) is 37.9 Å². The second-order valence-corrected chi connectivity index (χ2v) is 15.2. The molecule has 0 aromatic heterocycles. The minimum absolute atomic E-state index is 0.294. The molecule has 2 N–H and O–H groups in total. The topological polar surface area (TPSA) is 217 Å². The summed E-state index contributed by atoms with van der Waals surface area (Å²) in [6.45, 7) is 20.9. The first-order valence-electron chi connectivity index (χ1n) is 18.7. The zero-order valence-corrected chi connectivity index (χ0v) is 34.2. The lowest BCUT2D eigenvalue weighted by Gasteiger charge is -2.46. The lowest BCUT2D eigenvalue weighted by Crippen LogP contribution is -2.58. The zero-order chi connectivity index (χ0) is 43.8. The van der Waals surface area contributed by atoms with Crippen LogP contribution in [0.5, 0.6) is 0 Å². The van der Waals surface area contributed by atoms with Crippen molar-refractivity contribution in [3.05, 3.63) is 63.3 Å². The first kappa shape index (κ1) is 50.6. The molecule has 0 saturated heterocycles. The summed E-state index contributed by atoms with van der Waals surface area (Å²) in [5, 5.41) is 5.82. The summed E-state index contributed by atoms with van der Waals surface area (Å²) in [6, 6.07) is -0.334. The van der Waals surface area contributed by atoms with E-state index in [1.54, 1.807) is 0 Å². The third-order valence-electron chi connectivity index (χ3n) is 8.83. The van der Waals surface area contributed by atoms with Gasteiger partial charge in [0.2, 0.25) is 0 Å². The van der Waals surface area contributed by atoms with Crippen molar-refractivity contribution in [3.8, 4) is 0 Å². The fourth-order valence-corrected chi connectivity index (χ4v) is 6.31. The van der Waals surface area contributed by atoms with Crippen LogP contribution in [0.15, 0.2) is 63.3 Å². The van der Waals surface area contributed by atoms with Crippen LogP contribution in [0.2, 0.25) is 0 Å². The van der Waals surface area contributed by atoms with Gasteiger partial charge in [0.05, 0.1) is 30.7 Å². The van der Waals surface area contributed by atoms with Crippen molar-refractivity contribution in [1.82, 2.24) is 10.6 Å². The van der Waals surface area contributed by atoms with E-state index < -0.39 is 111 Å². The smallest absolute Gasteiger partial charge is 0.407 e. The summed E-state index contributed by atoms with van der Waals surface area (Å²) in [7, 11) is 0. The fraction of sp³-hybridized carbons (Fsp3) is 0.585. The number of nitrogens with one attached hydrogen (secondary N) is 2. The van der Waals surface area contributed by atoms with Crippen molar-refractivity contribution in [3.63, 3.8) is 0 Å². The predicted molar refractivity (Wildman–Crippen MR) is 210 cm³/mol. The number of amides is 2. The van der Waals surface area contributed by atoms with Crippen LogP contribution in [0.3, 0.4) is 0 Å². The van der Waals surface area contributed by atoms with Gasteiger partial charge < -0.3 is 48.5 Å². The van der Waals surface area contributed by atoms with Crippen molar-refractivity contribution in [2.24, 2.45) is 16.2 Å². The second kappa shape index (κ2) is 25.0. The van der Waals surface area contributed by atoms with Gasteiger partial charge in [-0.15, -0.1) is 0 Å². The summed E-state index contributed by atoms with van der Waals surface area (Å²) in [5.74, 6) is -4.27. The zero-order valence-electron chi connectivity index (χ0n) is 34.2. The van der Waals surface area contributed by atoms with E-state index in [1.165, 1.54) is 0 Å². The van der Waals surface area contributed by atoms with E-state index in [2.05, 4.69) is 43.5 Å². The molecule has 1 aliphatic carbocycles. The Morgan fingerprint density at radius 3 is 1.34 bits per heavy atom. The third-order valence-corrected chi connectivity index (χ3v) is 8.83. The molecule has 1 saturated carbocycles. The maximum atomic E-state index is 13.6. The average Bonchev–Trinajstić information content (AvgIpc) is 3.18. The molecule has 17 heteroatoms. The van der Waals surface area contributed by atoms with E-state index in [0.29, 0.717) is 25.9 Å². The summed E-state index contributed by atoms with van der Waals surface area (Å²) < 4.78 is 43.6. The summed E-state index contributed by atoms with van der Waals surface area (Å²) in [5.41, 5.74) is -4.34. The number of rotatable bonds is 27. The molecular weight excluding hydrogens is 760 g/mol. The summed E-state index contributed by atoms with van der Waals surface area (Å²) in [6.07, 6.45) is 7.20. The molecule has 0 aromatic carbocycles. The molecular formula is C41H60N2O15. The molecule has 1 fully saturated rings. The molecule has 58 heavy (non-hydrogen) atoms. The Kier molecular flexibility index (Phi) is 21.8. The monoisotopic (exact) mass is 820 g/mol. The van der Waals surface area contributed by atoms with Gasteiger partial charge in [-0.1, -0.05) is 66.5 Å². The standard InChI is InChI=1S/C41H60N2O15/c1-10-16-17-18-52-36(49)42-30-19-38(7,8)21-39(9,20-30)43-37(50)58-29-41(27-56-34(47)14-5,28-57-35(48)15-6)23-51-22-40(24-53-31(44)11-2,25-54-32(45)12-3)26-55-33(46)13-4/h11-15,30H,2-6,10,16-29H2,1,7-9H3,(H,42,49)(H,43,50). The van der Waals surface area contributed by atoms with Crippen LogP contribution in [0.1, 0.15) is 66.2 Å². The van der Waals surface area contributed by atoms with Gasteiger partial charge in [-0.25, -0.2) is 33.6 Å². The van der Waals surface area contributed by atoms with Crippen LogP contribution in [0.4, 0.5) is 9.59 Å². The van der Waals surface area contributed by atoms with E-state index in [9.17, 15) is 33.6 Å². The molecule has 1 aliphatic rings. The van der Waals surface area contributed by atoms with Gasteiger partial charge in [-0.2, -0.15) is 0 Å². The number of alkyl carbamates (subject to hydrolysis) is 2. The van der Waals surface area contributed by atoms with Gasteiger partial charge in [0.25, 0.3) is 0 Å². The van der Waals surface area contributed by atoms with Crippen molar-refractivity contribution in [1.29, 1.82) is 0 Å². The van der Waals surface area contributed by atoms with Crippen LogP contribution in [-0.4, -0.2) is 113 Å².